The standard InChI is InChI=1S/C8H14O6S/c1-2-7(5-9)6-15(10,11)14-8-12-3-4-13-8/h5,7-8H,2-4,6H2,1H3. The van der Waals surface area contributed by atoms with Crippen molar-refractivity contribution in [2.75, 3.05) is 19.0 Å². The lowest BCUT2D eigenvalue weighted by molar-refractivity contribution is -0.173. The Labute approximate surface area is 88.6 Å². The van der Waals surface area contributed by atoms with Crippen LogP contribution in [-0.4, -0.2) is 40.1 Å². The fraction of sp³-hybridized carbons (Fsp3) is 0.875. The fourth-order valence-electron chi connectivity index (χ4n) is 1.07. The quantitative estimate of drug-likeness (QED) is 0.474. The number of carbonyl (C=O) groups excluding carboxylic acids is 1. The molecule has 1 aliphatic rings. The van der Waals surface area contributed by atoms with E-state index in [1.807, 2.05) is 0 Å². The first kappa shape index (κ1) is 12.6. The van der Waals surface area contributed by atoms with Gasteiger partial charge in [-0.2, -0.15) is 8.42 Å². The van der Waals surface area contributed by atoms with Gasteiger partial charge in [0, 0.05) is 5.92 Å². The van der Waals surface area contributed by atoms with Crippen molar-refractivity contribution in [3.05, 3.63) is 0 Å². The molecule has 0 N–H and O–H groups in total. The van der Waals surface area contributed by atoms with Gasteiger partial charge in [-0.15, -0.1) is 0 Å². The molecule has 0 bridgehead atoms. The van der Waals surface area contributed by atoms with Crippen molar-refractivity contribution >= 4 is 16.4 Å². The molecule has 0 aromatic carbocycles. The average Bonchev–Trinajstić information content (AvgIpc) is 2.66. The Hall–Kier alpha value is -0.500. The van der Waals surface area contributed by atoms with E-state index in [0.717, 1.165) is 0 Å². The van der Waals surface area contributed by atoms with Crippen LogP contribution in [0.4, 0.5) is 0 Å². The SMILES string of the molecule is CCC(C=O)CS(=O)(=O)OC1OCCO1. The molecule has 0 radical (unpaired) electrons. The van der Waals surface area contributed by atoms with Crippen LogP contribution in [0.3, 0.4) is 0 Å². The van der Waals surface area contributed by atoms with Crippen LogP contribution in [0.15, 0.2) is 0 Å². The van der Waals surface area contributed by atoms with E-state index >= 15 is 0 Å². The van der Waals surface area contributed by atoms with E-state index in [2.05, 4.69) is 4.18 Å². The molecule has 1 unspecified atom stereocenters. The summed E-state index contributed by atoms with van der Waals surface area (Å²) in [5, 5.41) is 0. The van der Waals surface area contributed by atoms with Gasteiger partial charge in [-0.1, -0.05) is 6.92 Å². The highest BCUT2D eigenvalue weighted by Crippen LogP contribution is 2.12. The zero-order valence-electron chi connectivity index (χ0n) is 8.42. The van der Waals surface area contributed by atoms with Gasteiger partial charge in [0.2, 0.25) is 0 Å². The lowest BCUT2D eigenvalue weighted by Crippen LogP contribution is -2.25. The maximum atomic E-state index is 11.4. The molecule has 1 heterocycles. The lowest BCUT2D eigenvalue weighted by Gasteiger charge is -2.12. The number of hydrogen-bond acceptors (Lipinski definition) is 6. The number of rotatable bonds is 6. The molecule has 1 aliphatic heterocycles. The van der Waals surface area contributed by atoms with Crippen LogP contribution in [-0.2, 0) is 28.6 Å². The van der Waals surface area contributed by atoms with E-state index in [4.69, 9.17) is 9.47 Å². The second-order valence-electron chi connectivity index (χ2n) is 3.16. The number of hydrogen-bond donors (Lipinski definition) is 0. The van der Waals surface area contributed by atoms with E-state index < -0.39 is 22.5 Å². The van der Waals surface area contributed by atoms with Crippen LogP contribution in [0.5, 0.6) is 0 Å². The average molecular weight is 238 g/mol. The monoisotopic (exact) mass is 238 g/mol. The third-order valence-corrected chi connectivity index (χ3v) is 3.24. The Kier molecular flexibility index (Phi) is 4.65. The third kappa shape index (κ3) is 4.25. The topological polar surface area (TPSA) is 78.9 Å². The van der Waals surface area contributed by atoms with E-state index in [1.54, 1.807) is 6.92 Å². The van der Waals surface area contributed by atoms with Gasteiger partial charge in [-0.3, -0.25) is 0 Å². The molecule has 1 atom stereocenters. The Balaban J connectivity index is 2.46. The predicted molar refractivity (Wildman–Crippen MR) is 50.4 cm³/mol. The lowest BCUT2D eigenvalue weighted by atomic mass is 10.1. The fourth-order valence-corrected chi connectivity index (χ4v) is 2.33. The van der Waals surface area contributed by atoms with Gasteiger partial charge < -0.3 is 14.3 Å². The summed E-state index contributed by atoms with van der Waals surface area (Å²) in [6, 6.07) is 0. The molecule has 1 fully saturated rings. The minimum absolute atomic E-state index is 0.311. The minimum atomic E-state index is -3.77. The van der Waals surface area contributed by atoms with Crippen molar-refractivity contribution < 1.29 is 26.9 Å². The molecule has 1 saturated heterocycles. The maximum Gasteiger partial charge on any atom is 0.287 e. The highest BCUT2D eigenvalue weighted by Gasteiger charge is 2.26. The van der Waals surface area contributed by atoms with Gasteiger partial charge >= 0.3 is 0 Å². The van der Waals surface area contributed by atoms with Crippen molar-refractivity contribution in [2.45, 2.75) is 19.8 Å². The summed E-state index contributed by atoms with van der Waals surface area (Å²) in [5.74, 6) is -0.882. The summed E-state index contributed by atoms with van der Waals surface area (Å²) < 4.78 is 37.0. The van der Waals surface area contributed by atoms with Crippen LogP contribution in [0.25, 0.3) is 0 Å². The smallest absolute Gasteiger partial charge is 0.287 e. The van der Waals surface area contributed by atoms with Gasteiger partial charge in [0.05, 0.1) is 19.0 Å². The molecule has 0 saturated carbocycles. The molecular formula is C8H14O6S. The van der Waals surface area contributed by atoms with Crippen LogP contribution in [0.2, 0.25) is 0 Å². The Morgan fingerprint density at radius 3 is 2.53 bits per heavy atom. The summed E-state index contributed by atoms with van der Waals surface area (Å²) in [4.78, 5) is 10.5. The number of ether oxygens (including phenoxy) is 2. The molecule has 6 nitrogen and oxygen atoms in total. The summed E-state index contributed by atoms with van der Waals surface area (Å²) in [6.07, 6.45) is 1.07. The molecule has 15 heavy (non-hydrogen) atoms. The van der Waals surface area contributed by atoms with Crippen molar-refractivity contribution in [3.63, 3.8) is 0 Å². The molecule has 0 aliphatic carbocycles. The summed E-state index contributed by atoms with van der Waals surface area (Å²) in [6.45, 7) is 1.20. The van der Waals surface area contributed by atoms with Gasteiger partial charge in [0.25, 0.3) is 16.6 Å². The molecule has 1 rings (SSSR count). The highest BCUT2D eigenvalue weighted by molar-refractivity contribution is 7.86. The zero-order chi connectivity index (χ0) is 11.3. The van der Waals surface area contributed by atoms with Gasteiger partial charge in [0.15, 0.2) is 0 Å². The van der Waals surface area contributed by atoms with Crippen LogP contribution in [0.1, 0.15) is 13.3 Å². The van der Waals surface area contributed by atoms with E-state index in [-0.39, 0.29) is 5.75 Å². The Bertz CT molecular complexity index is 292. The van der Waals surface area contributed by atoms with E-state index in [0.29, 0.717) is 25.9 Å². The van der Waals surface area contributed by atoms with Crippen molar-refractivity contribution in [1.82, 2.24) is 0 Å². The molecule has 88 valence electrons. The molecule has 7 heteroatoms. The van der Waals surface area contributed by atoms with E-state index in [1.165, 1.54) is 0 Å². The largest absolute Gasteiger partial charge is 0.327 e. The molecule has 0 amide bonds. The number of aldehydes is 1. The minimum Gasteiger partial charge on any atom is -0.327 e. The Morgan fingerprint density at radius 2 is 2.07 bits per heavy atom. The summed E-state index contributed by atoms with van der Waals surface area (Å²) >= 11 is 0. The first-order valence-corrected chi connectivity index (χ1v) is 6.24. The van der Waals surface area contributed by atoms with Gasteiger partial charge in [0.1, 0.15) is 6.29 Å². The molecule has 0 aromatic heterocycles. The normalized spacial score (nSPS) is 20.3. The first-order chi connectivity index (χ1) is 7.07. The molecular weight excluding hydrogens is 224 g/mol. The highest BCUT2D eigenvalue weighted by atomic mass is 32.2. The van der Waals surface area contributed by atoms with Crippen molar-refractivity contribution in [1.29, 1.82) is 0 Å². The summed E-state index contributed by atoms with van der Waals surface area (Å²) in [5.41, 5.74) is 0. The second kappa shape index (κ2) is 5.55. The van der Waals surface area contributed by atoms with Crippen LogP contribution in [0, 0.1) is 5.92 Å². The molecule has 0 spiro atoms. The predicted octanol–water partition coefficient (Wildman–Crippen LogP) is -0.112. The van der Waals surface area contributed by atoms with Crippen LogP contribution >= 0.6 is 0 Å². The van der Waals surface area contributed by atoms with Crippen LogP contribution < -0.4 is 0 Å². The van der Waals surface area contributed by atoms with Gasteiger partial charge in [-0.05, 0) is 6.42 Å². The van der Waals surface area contributed by atoms with Crippen molar-refractivity contribution in [3.8, 4) is 0 Å². The first-order valence-electron chi connectivity index (χ1n) is 4.67. The number of carbonyl (C=O) groups is 1. The zero-order valence-corrected chi connectivity index (χ0v) is 9.23. The third-order valence-electron chi connectivity index (χ3n) is 1.95. The van der Waals surface area contributed by atoms with Crippen molar-refractivity contribution in [2.24, 2.45) is 5.92 Å². The van der Waals surface area contributed by atoms with Gasteiger partial charge in [-0.25, -0.2) is 4.18 Å². The maximum absolute atomic E-state index is 11.4. The second-order valence-corrected chi connectivity index (χ2v) is 4.80. The Morgan fingerprint density at radius 1 is 1.47 bits per heavy atom. The van der Waals surface area contributed by atoms with E-state index in [9.17, 15) is 13.2 Å². The summed E-state index contributed by atoms with van der Waals surface area (Å²) in [7, 11) is -3.77. The molecule has 0 aromatic rings.